The van der Waals surface area contributed by atoms with Crippen LogP contribution >= 0.6 is 0 Å². The van der Waals surface area contributed by atoms with Gasteiger partial charge in [-0.25, -0.2) is 0 Å². The number of hydrogen-bond acceptors (Lipinski definition) is 3. The third kappa shape index (κ3) is 2.53. The van der Waals surface area contributed by atoms with Gasteiger partial charge in [0.15, 0.2) is 0 Å². The number of carbonyl (C=O) groups excluding carboxylic acids is 1. The number of rotatable bonds is 3. The first-order chi connectivity index (χ1) is 7.32. The molecule has 0 radical (unpaired) electrons. The molecule has 1 aliphatic rings. The summed E-state index contributed by atoms with van der Waals surface area (Å²) in [5.41, 5.74) is 4.99. The Balaban J connectivity index is 2.57. The number of nitriles is 1. The SMILES string of the molecule is CC(C)(C#N)CNC(=O)C1(C)CCCC1N. The summed E-state index contributed by atoms with van der Waals surface area (Å²) in [6.45, 7) is 5.92. The van der Waals surface area contributed by atoms with Crippen molar-refractivity contribution in [2.45, 2.75) is 46.1 Å². The lowest BCUT2D eigenvalue weighted by Gasteiger charge is -2.29. The second-order valence-electron chi connectivity index (χ2n) is 5.59. The molecule has 3 N–H and O–H groups in total. The van der Waals surface area contributed by atoms with Crippen molar-refractivity contribution in [1.29, 1.82) is 5.26 Å². The number of nitrogens with zero attached hydrogens (tertiary/aromatic N) is 1. The van der Waals surface area contributed by atoms with E-state index in [4.69, 9.17) is 11.0 Å². The van der Waals surface area contributed by atoms with E-state index in [9.17, 15) is 4.79 Å². The first-order valence-electron chi connectivity index (χ1n) is 5.77. The van der Waals surface area contributed by atoms with Crippen molar-refractivity contribution in [3.63, 3.8) is 0 Å². The Morgan fingerprint density at radius 2 is 2.31 bits per heavy atom. The standard InChI is InChI=1S/C12H21N3O/c1-11(2,7-13)8-15-10(16)12(3)6-4-5-9(12)14/h9H,4-6,8,14H2,1-3H3,(H,15,16). The number of carbonyl (C=O) groups is 1. The number of amides is 1. The molecule has 1 amide bonds. The van der Waals surface area contributed by atoms with E-state index < -0.39 is 10.8 Å². The molecule has 4 nitrogen and oxygen atoms in total. The van der Waals surface area contributed by atoms with Crippen LogP contribution in [0.3, 0.4) is 0 Å². The largest absolute Gasteiger partial charge is 0.354 e. The molecule has 16 heavy (non-hydrogen) atoms. The van der Waals surface area contributed by atoms with Gasteiger partial charge in [-0.15, -0.1) is 0 Å². The fourth-order valence-corrected chi connectivity index (χ4v) is 2.02. The van der Waals surface area contributed by atoms with Gasteiger partial charge in [0.2, 0.25) is 5.91 Å². The zero-order valence-corrected chi connectivity index (χ0v) is 10.3. The van der Waals surface area contributed by atoms with Crippen molar-refractivity contribution in [2.75, 3.05) is 6.54 Å². The number of hydrogen-bond donors (Lipinski definition) is 2. The lowest BCUT2D eigenvalue weighted by Crippen LogP contribution is -2.49. The highest BCUT2D eigenvalue weighted by molar-refractivity contribution is 5.83. The minimum Gasteiger partial charge on any atom is -0.354 e. The van der Waals surface area contributed by atoms with Gasteiger partial charge in [0.25, 0.3) is 0 Å². The van der Waals surface area contributed by atoms with E-state index in [1.807, 2.05) is 20.8 Å². The van der Waals surface area contributed by atoms with Crippen molar-refractivity contribution in [1.82, 2.24) is 5.32 Å². The summed E-state index contributed by atoms with van der Waals surface area (Å²) in [7, 11) is 0. The molecule has 0 aliphatic heterocycles. The van der Waals surface area contributed by atoms with E-state index in [1.54, 1.807) is 0 Å². The molecule has 0 aromatic rings. The maximum absolute atomic E-state index is 12.0. The summed E-state index contributed by atoms with van der Waals surface area (Å²) in [6, 6.07) is 2.11. The van der Waals surface area contributed by atoms with E-state index in [0.29, 0.717) is 6.54 Å². The molecule has 2 atom stereocenters. The summed E-state index contributed by atoms with van der Waals surface area (Å²) in [5, 5.41) is 11.7. The van der Waals surface area contributed by atoms with Gasteiger partial charge in [0.05, 0.1) is 16.9 Å². The first kappa shape index (κ1) is 13.0. The Morgan fingerprint density at radius 1 is 1.69 bits per heavy atom. The third-order valence-corrected chi connectivity index (χ3v) is 3.54. The molecular formula is C12H21N3O. The van der Waals surface area contributed by atoms with Gasteiger partial charge >= 0.3 is 0 Å². The van der Waals surface area contributed by atoms with Crippen LogP contribution in [0.15, 0.2) is 0 Å². The van der Waals surface area contributed by atoms with Crippen molar-refractivity contribution >= 4 is 5.91 Å². The molecule has 0 heterocycles. The van der Waals surface area contributed by atoms with Gasteiger partial charge in [-0.2, -0.15) is 5.26 Å². The lowest BCUT2D eigenvalue weighted by molar-refractivity contribution is -0.130. The second-order valence-corrected chi connectivity index (χ2v) is 5.59. The zero-order chi connectivity index (χ0) is 12.4. The molecule has 1 fully saturated rings. The molecule has 1 rings (SSSR count). The zero-order valence-electron chi connectivity index (χ0n) is 10.3. The molecule has 0 aromatic heterocycles. The van der Waals surface area contributed by atoms with E-state index >= 15 is 0 Å². The highest BCUT2D eigenvalue weighted by Gasteiger charge is 2.43. The minimum absolute atomic E-state index is 0.0131. The van der Waals surface area contributed by atoms with E-state index in [2.05, 4.69) is 11.4 Å². The van der Waals surface area contributed by atoms with Crippen molar-refractivity contribution < 1.29 is 4.79 Å². The monoisotopic (exact) mass is 223 g/mol. The predicted molar refractivity (Wildman–Crippen MR) is 62.3 cm³/mol. The molecule has 2 unspecified atom stereocenters. The van der Waals surface area contributed by atoms with Crippen LogP contribution < -0.4 is 11.1 Å². The molecule has 0 spiro atoms. The topological polar surface area (TPSA) is 78.9 Å². The van der Waals surface area contributed by atoms with Gasteiger partial charge in [-0.05, 0) is 33.6 Å². The molecule has 1 aliphatic carbocycles. The van der Waals surface area contributed by atoms with Crippen LogP contribution in [0.2, 0.25) is 0 Å². The predicted octanol–water partition coefficient (Wildman–Crippen LogP) is 1.17. The van der Waals surface area contributed by atoms with Crippen LogP contribution in [0, 0.1) is 22.2 Å². The molecule has 1 saturated carbocycles. The van der Waals surface area contributed by atoms with Gasteiger partial charge in [-0.3, -0.25) is 4.79 Å². The Morgan fingerprint density at radius 3 is 2.75 bits per heavy atom. The van der Waals surface area contributed by atoms with E-state index in [1.165, 1.54) is 0 Å². The normalized spacial score (nSPS) is 29.8. The second kappa shape index (κ2) is 4.42. The van der Waals surface area contributed by atoms with Gasteiger partial charge < -0.3 is 11.1 Å². The molecule has 4 heteroatoms. The maximum Gasteiger partial charge on any atom is 0.227 e. The Labute approximate surface area is 97.2 Å². The average molecular weight is 223 g/mol. The van der Waals surface area contributed by atoms with Crippen molar-refractivity contribution in [2.24, 2.45) is 16.6 Å². The summed E-state index contributed by atoms with van der Waals surface area (Å²) >= 11 is 0. The van der Waals surface area contributed by atoms with E-state index in [-0.39, 0.29) is 11.9 Å². The highest BCUT2D eigenvalue weighted by Crippen LogP contribution is 2.36. The summed E-state index contributed by atoms with van der Waals surface area (Å²) in [6.07, 6.45) is 2.76. The van der Waals surface area contributed by atoms with Crippen molar-refractivity contribution in [3.05, 3.63) is 0 Å². The molecule has 0 aromatic carbocycles. The van der Waals surface area contributed by atoms with Crippen LogP contribution in [0.25, 0.3) is 0 Å². The van der Waals surface area contributed by atoms with Crippen LogP contribution in [0.1, 0.15) is 40.0 Å². The molecule has 0 saturated heterocycles. The van der Waals surface area contributed by atoms with Crippen LogP contribution in [0.5, 0.6) is 0 Å². The highest BCUT2D eigenvalue weighted by atomic mass is 16.2. The minimum atomic E-state index is -0.519. The summed E-state index contributed by atoms with van der Waals surface area (Å²) < 4.78 is 0. The average Bonchev–Trinajstić information content (AvgIpc) is 2.57. The van der Waals surface area contributed by atoms with Gasteiger partial charge in [-0.1, -0.05) is 6.42 Å². The van der Waals surface area contributed by atoms with Gasteiger partial charge in [0, 0.05) is 12.6 Å². The molecular weight excluding hydrogens is 202 g/mol. The van der Waals surface area contributed by atoms with Gasteiger partial charge in [0.1, 0.15) is 0 Å². The summed E-state index contributed by atoms with van der Waals surface area (Å²) in [5.74, 6) is -0.0131. The van der Waals surface area contributed by atoms with Crippen LogP contribution in [0.4, 0.5) is 0 Å². The Kier molecular flexibility index (Phi) is 3.59. The Hall–Kier alpha value is -1.08. The van der Waals surface area contributed by atoms with E-state index in [0.717, 1.165) is 19.3 Å². The lowest BCUT2D eigenvalue weighted by atomic mass is 9.83. The number of nitrogens with one attached hydrogen (secondary N) is 1. The third-order valence-electron chi connectivity index (χ3n) is 3.54. The maximum atomic E-state index is 12.0. The number of nitrogens with two attached hydrogens (primary N) is 1. The van der Waals surface area contributed by atoms with Crippen LogP contribution in [-0.4, -0.2) is 18.5 Å². The van der Waals surface area contributed by atoms with Crippen molar-refractivity contribution in [3.8, 4) is 6.07 Å². The first-order valence-corrected chi connectivity index (χ1v) is 5.77. The van der Waals surface area contributed by atoms with Crippen LogP contribution in [-0.2, 0) is 4.79 Å². The quantitative estimate of drug-likeness (QED) is 0.753. The Bertz CT molecular complexity index is 319. The molecule has 90 valence electrons. The molecule has 0 bridgehead atoms. The fraction of sp³-hybridized carbons (Fsp3) is 0.833. The smallest absolute Gasteiger partial charge is 0.227 e. The summed E-state index contributed by atoms with van der Waals surface area (Å²) in [4.78, 5) is 12.0. The fourth-order valence-electron chi connectivity index (χ4n) is 2.02.